The highest BCUT2D eigenvalue weighted by Gasteiger charge is 2.17. The molecule has 0 saturated carbocycles. The second-order valence-electron chi connectivity index (χ2n) is 7.49. The zero-order valence-corrected chi connectivity index (χ0v) is 19.5. The largest absolute Gasteiger partial charge is 0.379 e. The minimum absolute atomic E-state index is 0. The number of benzene rings is 1. The Balaban J connectivity index is 0.00000300. The number of carbonyl (C=O) groups excluding carboxylic acids is 1. The van der Waals surface area contributed by atoms with Gasteiger partial charge in [-0.15, -0.1) is 24.0 Å². The summed E-state index contributed by atoms with van der Waals surface area (Å²) in [4.78, 5) is 21.3. The topological polar surface area (TPSA) is 83.2 Å². The zero-order valence-electron chi connectivity index (χ0n) is 17.1. The predicted octanol–water partition coefficient (Wildman–Crippen LogP) is 2.06. The number of aliphatic imine (C=N–C) groups is 1. The van der Waals surface area contributed by atoms with Gasteiger partial charge in [0.1, 0.15) is 0 Å². The average molecular weight is 515 g/mol. The summed E-state index contributed by atoms with van der Waals surface area (Å²) in [5.74, 6) is 0.603. The summed E-state index contributed by atoms with van der Waals surface area (Å²) >= 11 is 0. The van der Waals surface area contributed by atoms with Crippen molar-refractivity contribution in [1.29, 1.82) is 0 Å². The van der Waals surface area contributed by atoms with Gasteiger partial charge in [0, 0.05) is 38.3 Å². The maximum absolute atomic E-state index is 12.5. The number of likely N-dealkylation sites (tertiary alicyclic amines) is 1. The van der Waals surface area contributed by atoms with Gasteiger partial charge in [-0.3, -0.25) is 9.69 Å². The van der Waals surface area contributed by atoms with Crippen LogP contribution in [0.1, 0.15) is 41.6 Å². The highest BCUT2D eigenvalue weighted by molar-refractivity contribution is 14.0. The molecule has 0 aromatic heterocycles. The van der Waals surface area contributed by atoms with Crippen LogP contribution < -0.4 is 11.1 Å². The van der Waals surface area contributed by atoms with Gasteiger partial charge >= 0.3 is 0 Å². The molecular formula is C21H34IN5O2. The average Bonchev–Trinajstić information content (AvgIpc) is 2.76. The molecule has 2 aliphatic heterocycles. The van der Waals surface area contributed by atoms with Crippen molar-refractivity contribution in [2.24, 2.45) is 10.7 Å². The Morgan fingerprint density at radius 2 is 1.76 bits per heavy atom. The first-order chi connectivity index (χ1) is 13.7. The summed E-state index contributed by atoms with van der Waals surface area (Å²) in [5.41, 5.74) is 7.76. The molecule has 162 valence electrons. The van der Waals surface area contributed by atoms with Crippen LogP contribution in [-0.4, -0.2) is 74.1 Å². The van der Waals surface area contributed by atoms with Crippen molar-refractivity contribution >= 4 is 35.8 Å². The van der Waals surface area contributed by atoms with Gasteiger partial charge in [0.05, 0.1) is 19.8 Å². The van der Waals surface area contributed by atoms with Crippen LogP contribution in [0.4, 0.5) is 0 Å². The van der Waals surface area contributed by atoms with Crippen molar-refractivity contribution < 1.29 is 9.53 Å². The van der Waals surface area contributed by atoms with Crippen molar-refractivity contribution in [2.45, 2.75) is 32.2 Å². The number of ether oxygens (including phenoxy) is 1. The van der Waals surface area contributed by atoms with E-state index in [0.29, 0.717) is 12.5 Å². The molecule has 2 aliphatic rings. The lowest BCUT2D eigenvalue weighted by atomic mass is 10.1. The number of piperidine rings is 1. The van der Waals surface area contributed by atoms with Crippen LogP contribution in [0.2, 0.25) is 0 Å². The highest BCUT2D eigenvalue weighted by atomic mass is 127. The summed E-state index contributed by atoms with van der Waals surface area (Å²) in [6.07, 6.45) is 4.47. The summed E-state index contributed by atoms with van der Waals surface area (Å²) in [6, 6.07) is 7.72. The van der Waals surface area contributed by atoms with E-state index in [4.69, 9.17) is 10.5 Å². The van der Waals surface area contributed by atoms with Crippen LogP contribution in [0, 0.1) is 0 Å². The van der Waals surface area contributed by atoms with Gasteiger partial charge in [-0.2, -0.15) is 0 Å². The molecule has 0 radical (unpaired) electrons. The van der Waals surface area contributed by atoms with Crippen LogP contribution in [0.25, 0.3) is 0 Å². The van der Waals surface area contributed by atoms with E-state index in [0.717, 1.165) is 82.9 Å². The third kappa shape index (κ3) is 8.10. The normalized spacial score (nSPS) is 18.2. The molecule has 0 unspecified atom stereocenters. The first-order valence-corrected chi connectivity index (χ1v) is 10.4. The number of hydrogen-bond acceptors (Lipinski definition) is 4. The van der Waals surface area contributed by atoms with Crippen LogP contribution in [0.5, 0.6) is 0 Å². The summed E-state index contributed by atoms with van der Waals surface area (Å²) in [7, 11) is 0. The number of halogens is 1. The molecule has 3 rings (SSSR count). The maximum atomic E-state index is 12.5. The first kappa shape index (κ1) is 23.9. The van der Waals surface area contributed by atoms with E-state index >= 15 is 0 Å². The molecule has 0 spiro atoms. The predicted molar refractivity (Wildman–Crippen MR) is 127 cm³/mol. The number of rotatable bonds is 7. The lowest BCUT2D eigenvalue weighted by Crippen LogP contribution is -2.39. The number of morpholine rings is 1. The zero-order chi connectivity index (χ0) is 19.6. The molecule has 0 bridgehead atoms. The van der Waals surface area contributed by atoms with Gasteiger partial charge in [-0.1, -0.05) is 12.1 Å². The number of nitrogens with two attached hydrogens (primary N) is 1. The molecular weight excluding hydrogens is 481 g/mol. The fraction of sp³-hybridized carbons (Fsp3) is 0.619. The summed E-state index contributed by atoms with van der Waals surface area (Å²) in [5, 5.41) is 3.17. The summed E-state index contributed by atoms with van der Waals surface area (Å²) < 4.78 is 5.35. The Kier molecular flexibility index (Phi) is 10.7. The molecule has 1 amide bonds. The van der Waals surface area contributed by atoms with E-state index in [9.17, 15) is 4.79 Å². The van der Waals surface area contributed by atoms with Crippen LogP contribution in [0.15, 0.2) is 29.3 Å². The standard InChI is InChI=1S/C21H33N5O2.HI/c22-21(23-9-4-10-25-13-15-28-16-14-25)24-17-18-5-7-19(8-6-18)20(27)26-11-2-1-3-12-26;/h5-8H,1-4,9-17H2,(H3,22,23,24);1H. The molecule has 8 heteroatoms. The molecule has 1 aromatic rings. The fourth-order valence-electron chi connectivity index (χ4n) is 3.61. The van der Waals surface area contributed by atoms with E-state index in [2.05, 4.69) is 15.2 Å². The minimum atomic E-state index is 0. The molecule has 3 N–H and O–H groups in total. The first-order valence-electron chi connectivity index (χ1n) is 10.4. The van der Waals surface area contributed by atoms with E-state index in [1.165, 1.54) is 6.42 Å². The number of guanidine groups is 1. The number of nitrogens with zero attached hydrogens (tertiary/aromatic N) is 3. The smallest absolute Gasteiger partial charge is 0.253 e. The van der Waals surface area contributed by atoms with Gasteiger partial charge < -0.3 is 20.7 Å². The molecule has 0 atom stereocenters. The van der Waals surface area contributed by atoms with Gasteiger partial charge in [0.2, 0.25) is 0 Å². The third-order valence-corrected chi connectivity index (χ3v) is 5.34. The van der Waals surface area contributed by atoms with Crippen molar-refractivity contribution in [3.05, 3.63) is 35.4 Å². The lowest BCUT2D eigenvalue weighted by molar-refractivity contribution is 0.0376. The number of amides is 1. The molecule has 2 heterocycles. The monoisotopic (exact) mass is 515 g/mol. The van der Waals surface area contributed by atoms with Crippen LogP contribution in [0.3, 0.4) is 0 Å². The van der Waals surface area contributed by atoms with Gasteiger partial charge in [0.25, 0.3) is 5.91 Å². The van der Waals surface area contributed by atoms with E-state index in [1.54, 1.807) is 0 Å². The van der Waals surface area contributed by atoms with Crippen molar-refractivity contribution in [3.8, 4) is 0 Å². The fourth-order valence-corrected chi connectivity index (χ4v) is 3.61. The molecule has 1 aromatic carbocycles. The van der Waals surface area contributed by atoms with Gasteiger partial charge in [0.15, 0.2) is 5.96 Å². The molecule has 0 aliphatic carbocycles. The lowest BCUT2D eigenvalue weighted by Gasteiger charge is -2.26. The SMILES string of the molecule is I.NC(=NCc1ccc(C(=O)N2CCCCC2)cc1)NCCCN1CCOCC1. The molecule has 2 saturated heterocycles. The second kappa shape index (κ2) is 13.0. The molecule has 2 fully saturated rings. The number of nitrogens with one attached hydrogen (secondary N) is 1. The number of hydrogen-bond donors (Lipinski definition) is 2. The van der Waals surface area contributed by atoms with E-state index in [-0.39, 0.29) is 29.9 Å². The highest BCUT2D eigenvalue weighted by Crippen LogP contribution is 2.14. The van der Waals surface area contributed by atoms with Crippen molar-refractivity contribution in [2.75, 3.05) is 52.5 Å². The maximum Gasteiger partial charge on any atom is 0.253 e. The Hall–Kier alpha value is -1.39. The summed E-state index contributed by atoms with van der Waals surface area (Å²) in [6.45, 7) is 7.82. The Morgan fingerprint density at radius 1 is 1.07 bits per heavy atom. The van der Waals surface area contributed by atoms with Crippen LogP contribution >= 0.6 is 24.0 Å². The van der Waals surface area contributed by atoms with Crippen LogP contribution in [-0.2, 0) is 11.3 Å². The molecule has 29 heavy (non-hydrogen) atoms. The number of carbonyl (C=O) groups is 1. The Labute approximate surface area is 191 Å². The van der Waals surface area contributed by atoms with Crippen molar-refractivity contribution in [1.82, 2.24) is 15.1 Å². The molecule has 7 nitrogen and oxygen atoms in total. The van der Waals surface area contributed by atoms with Gasteiger partial charge in [-0.25, -0.2) is 4.99 Å². The van der Waals surface area contributed by atoms with Crippen molar-refractivity contribution in [3.63, 3.8) is 0 Å². The van der Waals surface area contributed by atoms with E-state index < -0.39 is 0 Å². The Bertz CT molecular complexity index is 641. The van der Waals surface area contributed by atoms with Gasteiger partial charge in [-0.05, 0) is 49.9 Å². The minimum Gasteiger partial charge on any atom is -0.379 e. The third-order valence-electron chi connectivity index (χ3n) is 5.34. The Morgan fingerprint density at radius 3 is 2.45 bits per heavy atom. The van der Waals surface area contributed by atoms with E-state index in [1.807, 2.05) is 29.2 Å². The quantitative estimate of drug-likeness (QED) is 0.252. The second-order valence-corrected chi connectivity index (χ2v) is 7.49.